The van der Waals surface area contributed by atoms with Crippen molar-refractivity contribution in [2.75, 3.05) is 11.4 Å². The number of benzene rings is 1. The predicted molar refractivity (Wildman–Crippen MR) is 85.0 cm³/mol. The average Bonchev–Trinajstić information content (AvgIpc) is 2.47. The van der Waals surface area contributed by atoms with Crippen LogP contribution < -0.4 is 10.5 Å². The minimum absolute atomic E-state index is 0.0587. The average molecular weight is 365 g/mol. The highest BCUT2D eigenvalue weighted by atomic mass is 79.9. The van der Waals surface area contributed by atoms with Gasteiger partial charge in [-0.15, -0.1) is 0 Å². The van der Waals surface area contributed by atoms with E-state index < -0.39 is 0 Å². The van der Waals surface area contributed by atoms with E-state index >= 15 is 0 Å². The number of aryl methyl sites for hydroxylation is 1. The van der Waals surface area contributed by atoms with Crippen molar-refractivity contribution in [3.05, 3.63) is 60.5 Å². The quantitative estimate of drug-likeness (QED) is 0.601. The van der Waals surface area contributed by atoms with Gasteiger partial charge in [0, 0.05) is 48.7 Å². The molecule has 114 valence electrons. The predicted octanol–water partition coefficient (Wildman–Crippen LogP) is 2.01. The second kappa shape index (κ2) is 5.53. The van der Waals surface area contributed by atoms with E-state index in [9.17, 15) is 14.9 Å². The lowest BCUT2D eigenvalue weighted by Crippen LogP contribution is -2.34. The number of hydrogen-bond donors (Lipinski definition) is 0. The molecule has 0 atom stereocenters. The van der Waals surface area contributed by atoms with E-state index in [4.69, 9.17) is 0 Å². The molecule has 0 saturated carbocycles. The highest BCUT2D eigenvalue weighted by Crippen LogP contribution is 2.33. The number of anilines is 1. The Kier molecular flexibility index (Phi) is 3.69. The standard InChI is InChI=1S/C14H13BrN4O3/c1-17-14(20)6-9-8-18(5-4-11(9)16-17)13-7-10(15)2-3-12(13)19(21)22/h2-3,6-7H,4-5,8H2,1H3. The zero-order valence-electron chi connectivity index (χ0n) is 11.8. The van der Waals surface area contributed by atoms with Gasteiger partial charge in [0.15, 0.2) is 0 Å². The van der Waals surface area contributed by atoms with Gasteiger partial charge in [0.1, 0.15) is 5.69 Å². The molecule has 22 heavy (non-hydrogen) atoms. The Morgan fingerprint density at radius 2 is 2.14 bits per heavy atom. The smallest absolute Gasteiger partial charge is 0.292 e. The van der Waals surface area contributed by atoms with Gasteiger partial charge in [0.2, 0.25) is 0 Å². The summed E-state index contributed by atoms with van der Waals surface area (Å²) in [6.07, 6.45) is 0.646. The first-order valence-corrected chi connectivity index (χ1v) is 7.50. The van der Waals surface area contributed by atoms with Crippen LogP contribution in [0.4, 0.5) is 11.4 Å². The lowest BCUT2D eigenvalue weighted by molar-refractivity contribution is -0.384. The molecule has 3 rings (SSSR count). The van der Waals surface area contributed by atoms with E-state index in [1.165, 1.54) is 10.7 Å². The molecule has 8 heteroatoms. The Hall–Kier alpha value is -2.22. The largest absolute Gasteiger partial charge is 0.361 e. The van der Waals surface area contributed by atoms with Crippen molar-refractivity contribution in [3.8, 4) is 0 Å². The van der Waals surface area contributed by atoms with Crippen LogP contribution in [0.2, 0.25) is 0 Å². The van der Waals surface area contributed by atoms with Crippen LogP contribution in [0, 0.1) is 10.1 Å². The summed E-state index contributed by atoms with van der Waals surface area (Å²) < 4.78 is 2.09. The molecule has 1 aromatic carbocycles. The maximum atomic E-state index is 11.7. The topological polar surface area (TPSA) is 81.3 Å². The molecule has 0 bridgehead atoms. The van der Waals surface area contributed by atoms with E-state index in [2.05, 4.69) is 21.0 Å². The van der Waals surface area contributed by atoms with Crippen molar-refractivity contribution in [2.45, 2.75) is 13.0 Å². The zero-order chi connectivity index (χ0) is 15.9. The maximum Gasteiger partial charge on any atom is 0.292 e. The molecule has 1 aliphatic heterocycles. The fraction of sp³-hybridized carbons (Fsp3) is 0.286. The van der Waals surface area contributed by atoms with Gasteiger partial charge in [-0.05, 0) is 12.1 Å². The van der Waals surface area contributed by atoms with Crippen LogP contribution in [-0.4, -0.2) is 21.2 Å². The second-order valence-electron chi connectivity index (χ2n) is 5.14. The molecule has 1 aromatic heterocycles. The van der Waals surface area contributed by atoms with Crippen LogP contribution in [0.3, 0.4) is 0 Å². The van der Waals surface area contributed by atoms with Crippen LogP contribution in [0.25, 0.3) is 0 Å². The maximum absolute atomic E-state index is 11.7. The first kappa shape index (κ1) is 14.7. The molecule has 7 nitrogen and oxygen atoms in total. The molecule has 0 fully saturated rings. The molecular formula is C14H13BrN4O3. The van der Waals surface area contributed by atoms with Crippen molar-refractivity contribution in [3.63, 3.8) is 0 Å². The Bertz CT molecular complexity index is 818. The Morgan fingerprint density at radius 1 is 1.36 bits per heavy atom. The summed E-state index contributed by atoms with van der Waals surface area (Å²) in [6.45, 7) is 1.06. The molecule has 2 aromatic rings. The number of fused-ring (bicyclic) bond motifs is 1. The number of hydrogen-bond acceptors (Lipinski definition) is 5. The van der Waals surface area contributed by atoms with Crippen molar-refractivity contribution in [1.82, 2.24) is 9.78 Å². The van der Waals surface area contributed by atoms with Gasteiger partial charge in [0.25, 0.3) is 11.2 Å². The molecule has 0 saturated heterocycles. The SMILES string of the molecule is Cn1nc2c(cc1=O)CN(c1cc(Br)ccc1[N+](=O)[O-])CC2. The van der Waals surface area contributed by atoms with Gasteiger partial charge in [-0.2, -0.15) is 5.10 Å². The van der Waals surface area contributed by atoms with E-state index in [-0.39, 0.29) is 16.2 Å². The van der Waals surface area contributed by atoms with Crippen molar-refractivity contribution >= 4 is 27.3 Å². The number of halogens is 1. The van der Waals surface area contributed by atoms with Crippen LogP contribution >= 0.6 is 15.9 Å². The minimum Gasteiger partial charge on any atom is -0.361 e. The Morgan fingerprint density at radius 3 is 2.86 bits per heavy atom. The lowest BCUT2D eigenvalue weighted by Gasteiger charge is -2.29. The molecule has 1 aliphatic rings. The summed E-state index contributed by atoms with van der Waals surface area (Å²) in [5.74, 6) is 0. The molecule has 0 radical (unpaired) electrons. The number of nitrogens with zero attached hydrogens (tertiary/aromatic N) is 4. The highest BCUT2D eigenvalue weighted by molar-refractivity contribution is 9.10. The first-order chi connectivity index (χ1) is 10.5. The van der Waals surface area contributed by atoms with Crippen LogP contribution in [-0.2, 0) is 20.0 Å². The summed E-state index contributed by atoms with van der Waals surface area (Å²) in [4.78, 5) is 24.5. The van der Waals surface area contributed by atoms with E-state index in [1.807, 2.05) is 4.90 Å². The first-order valence-electron chi connectivity index (χ1n) is 6.70. The number of aromatic nitrogens is 2. The van der Waals surface area contributed by atoms with E-state index in [0.717, 1.165) is 15.7 Å². The van der Waals surface area contributed by atoms with E-state index in [1.54, 1.807) is 25.2 Å². The number of rotatable bonds is 2. The molecule has 0 N–H and O–H groups in total. The molecule has 0 amide bonds. The zero-order valence-corrected chi connectivity index (χ0v) is 13.4. The summed E-state index contributed by atoms with van der Waals surface area (Å²) in [7, 11) is 1.62. The van der Waals surface area contributed by atoms with Gasteiger partial charge in [-0.3, -0.25) is 14.9 Å². The third-order valence-electron chi connectivity index (χ3n) is 3.71. The monoisotopic (exact) mass is 364 g/mol. The molecular weight excluding hydrogens is 352 g/mol. The van der Waals surface area contributed by atoms with Crippen molar-refractivity contribution in [1.29, 1.82) is 0 Å². The third-order valence-corrected chi connectivity index (χ3v) is 4.21. The van der Waals surface area contributed by atoms with Crippen molar-refractivity contribution in [2.24, 2.45) is 7.05 Å². The highest BCUT2D eigenvalue weighted by Gasteiger charge is 2.24. The minimum atomic E-state index is -0.389. The summed E-state index contributed by atoms with van der Waals surface area (Å²) in [5, 5.41) is 15.5. The summed E-state index contributed by atoms with van der Waals surface area (Å²) in [6, 6.07) is 6.42. The van der Waals surface area contributed by atoms with Gasteiger partial charge >= 0.3 is 0 Å². The van der Waals surface area contributed by atoms with Crippen LogP contribution in [0.5, 0.6) is 0 Å². The Balaban J connectivity index is 2.01. The lowest BCUT2D eigenvalue weighted by atomic mass is 10.1. The van der Waals surface area contributed by atoms with Gasteiger partial charge in [-0.25, -0.2) is 4.68 Å². The second-order valence-corrected chi connectivity index (χ2v) is 6.06. The van der Waals surface area contributed by atoms with Gasteiger partial charge < -0.3 is 4.90 Å². The fourth-order valence-corrected chi connectivity index (χ4v) is 2.95. The van der Waals surface area contributed by atoms with Crippen LogP contribution in [0.1, 0.15) is 11.3 Å². The number of nitro groups is 1. The normalized spacial score (nSPS) is 13.8. The summed E-state index contributed by atoms with van der Waals surface area (Å²) in [5.41, 5.74) is 2.12. The fourth-order valence-electron chi connectivity index (χ4n) is 2.60. The summed E-state index contributed by atoms with van der Waals surface area (Å²) >= 11 is 3.35. The van der Waals surface area contributed by atoms with Crippen LogP contribution in [0.15, 0.2) is 33.5 Å². The van der Waals surface area contributed by atoms with Gasteiger partial charge in [0.05, 0.1) is 10.6 Å². The molecule has 0 unspecified atom stereocenters. The Labute approximate surface area is 134 Å². The number of nitro benzene ring substituents is 1. The van der Waals surface area contributed by atoms with Crippen molar-refractivity contribution < 1.29 is 4.92 Å². The van der Waals surface area contributed by atoms with E-state index in [0.29, 0.717) is 25.2 Å². The third kappa shape index (κ3) is 2.61. The molecule has 0 spiro atoms. The molecule has 2 heterocycles. The molecule has 0 aliphatic carbocycles. The van der Waals surface area contributed by atoms with Gasteiger partial charge in [-0.1, -0.05) is 15.9 Å².